The fraction of sp³-hybridized carbons (Fsp3) is 0.474. The molecule has 1 saturated carbocycles. The highest BCUT2D eigenvalue weighted by atomic mass is 16.5. The molecule has 1 aliphatic carbocycles. The van der Waals surface area contributed by atoms with Crippen molar-refractivity contribution in [2.24, 2.45) is 0 Å². The number of aliphatic carboxylic acids is 1. The van der Waals surface area contributed by atoms with Crippen LogP contribution in [0.25, 0.3) is 0 Å². The predicted molar refractivity (Wildman–Crippen MR) is 94.3 cm³/mol. The topological polar surface area (TPSA) is 78.6 Å². The third kappa shape index (κ3) is 4.67. The van der Waals surface area contributed by atoms with E-state index in [4.69, 9.17) is 9.63 Å². The number of hydrogen-bond donors (Lipinski definition) is 2. The fourth-order valence-corrected chi connectivity index (χ4v) is 3.34. The Morgan fingerprint density at radius 2 is 2.12 bits per heavy atom. The first-order valence-electron chi connectivity index (χ1n) is 8.81. The van der Waals surface area contributed by atoms with Crippen molar-refractivity contribution in [2.75, 3.05) is 13.1 Å². The van der Waals surface area contributed by atoms with Crippen molar-refractivity contribution < 1.29 is 14.4 Å². The Bertz CT molecular complexity index is 680. The molecule has 0 aliphatic heterocycles. The van der Waals surface area contributed by atoms with Gasteiger partial charge in [0.05, 0.1) is 12.2 Å². The highest BCUT2D eigenvalue weighted by Gasteiger charge is 2.33. The summed E-state index contributed by atoms with van der Waals surface area (Å²) in [5.41, 5.74) is 3.27. The van der Waals surface area contributed by atoms with Crippen LogP contribution in [0.5, 0.6) is 0 Å². The van der Waals surface area contributed by atoms with E-state index in [1.807, 2.05) is 30.0 Å². The molecule has 25 heavy (non-hydrogen) atoms. The minimum Gasteiger partial charge on any atom is -0.480 e. The van der Waals surface area contributed by atoms with Crippen molar-refractivity contribution in [3.63, 3.8) is 0 Å². The van der Waals surface area contributed by atoms with Gasteiger partial charge in [0.2, 0.25) is 0 Å². The summed E-state index contributed by atoms with van der Waals surface area (Å²) in [7, 11) is 0. The number of carboxylic acids is 1. The van der Waals surface area contributed by atoms with Crippen LogP contribution in [-0.4, -0.2) is 46.3 Å². The molecule has 6 heteroatoms. The Labute approximate surface area is 147 Å². The van der Waals surface area contributed by atoms with Crippen LogP contribution in [0, 0.1) is 0 Å². The van der Waals surface area contributed by atoms with Crippen LogP contribution in [0.4, 0.5) is 0 Å². The van der Waals surface area contributed by atoms with Gasteiger partial charge in [0.25, 0.3) is 0 Å². The van der Waals surface area contributed by atoms with E-state index < -0.39 is 5.97 Å². The maximum Gasteiger partial charge on any atom is 0.317 e. The number of carbonyl (C=O) groups is 1. The monoisotopic (exact) mass is 343 g/mol. The maximum absolute atomic E-state index is 10.9. The number of rotatable bonds is 9. The van der Waals surface area contributed by atoms with E-state index in [2.05, 4.69) is 22.6 Å². The number of hydrogen-bond acceptors (Lipinski definition) is 5. The van der Waals surface area contributed by atoms with Gasteiger partial charge in [-0.25, -0.2) is 0 Å². The van der Waals surface area contributed by atoms with Crippen molar-refractivity contribution >= 4 is 5.97 Å². The molecule has 1 heterocycles. The predicted octanol–water partition coefficient (Wildman–Crippen LogP) is 2.29. The summed E-state index contributed by atoms with van der Waals surface area (Å²) in [6.45, 7) is 3.64. The molecule has 0 atom stereocenters. The van der Waals surface area contributed by atoms with Gasteiger partial charge in [0.1, 0.15) is 6.26 Å². The minimum atomic E-state index is -0.756. The molecule has 0 saturated heterocycles. The molecule has 2 N–H and O–H groups in total. The minimum absolute atomic E-state index is 0.126. The van der Waals surface area contributed by atoms with E-state index in [0.717, 1.165) is 43.6 Å². The van der Waals surface area contributed by atoms with Gasteiger partial charge in [-0.2, -0.15) is 0 Å². The van der Waals surface area contributed by atoms with E-state index in [9.17, 15) is 4.79 Å². The lowest BCUT2D eigenvalue weighted by molar-refractivity contribution is -0.139. The lowest BCUT2D eigenvalue weighted by Gasteiger charge is -2.42. The molecule has 0 spiro atoms. The van der Waals surface area contributed by atoms with Gasteiger partial charge in [-0.3, -0.25) is 9.69 Å². The van der Waals surface area contributed by atoms with Crippen molar-refractivity contribution in [1.82, 2.24) is 15.4 Å². The molecule has 1 fully saturated rings. The number of aromatic nitrogens is 1. The lowest BCUT2D eigenvalue weighted by Crippen LogP contribution is -2.53. The number of nitrogens with one attached hydrogen (secondary N) is 1. The second kappa shape index (κ2) is 8.27. The van der Waals surface area contributed by atoms with Gasteiger partial charge in [0, 0.05) is 30.6 Å². The molecule has 0 amide bonds. The normalized spacial score (nSPS) is 19.8. The average molecular weight is 343 g/mol. The third-order valence-corrected chi connectivity index (χ3v) is 4.90. The highest BCUT2D eigenvalue weighted by Crippen LogP contribution is 2.26. The Hall–Kier alpha value is -2.18. The zero-order valence-corrected chi connectivity index (χ0v) is 14.5. The summed E-state index contributed by atoms with van der Waals surface area (Å²) in [4.78, 5) is 12.9. The number of likely N-dealkylation sites (N-methyl/N-ethyl adjacent to an activating group) is 1. The Balaban J connectivity index is 1.46. The summed E-state index contributed by atoms with van der Waals surface area (Å²) >= 11 is 0. The first kappa shape index (κ1) is 17.6. The van der Waals surface area contributed by atoms with Gasteiger partial charge in [0.15, 0.2) is 0 Å². The number of benzene rings is 1. The van der Waals surface area contributed by atoms with Crippen molar-refractivity contribution in [1.29, 1.82) is 0 Å². The first-order chi connectivity index (χ1) is 12.2. The van der Waals surface area contributed by atoms with E-state index in [-0.39, 0.29) is 6.54 Å². The molecular formula is C19H25N3O3. The zero-order valence-electron chi connectivity index (χ0n) is 14.5. The van der Waals surface area contributed by atoms with Crippen LogP contribution < -0.4 is 5.32 Å². The van der Waals surface area contributed by atoms with Crippen LogP contribution in [-0.2, 0) is 17.8 Å². The molecule has 1 aliphatic rings. The molecule has 1 aromatic carbocycles. The van der Waals surface area contributed by atoms with Gasteiger partial charge in [-0.15, -0.1) is 0 Å². The van der Waals surface area contributed by atoms with Crippen LogP contribution in [0.15, 0.2) is 41.1 Å². The van der Waals surface area contributed by atoms with Gasteiger partial charge < -0.3 is 14.9 Å². The van der Waals surface area contributed by atoms with E-state index in [0.29, 0.717) is 12.1 Å². The Morgan fingerprint density at radius 1 is 1.36 bits per heavy atom. The molecule has 0 radical (unpaired) electrons. The number of carboxylic acid groups (broad SMARTS) is 1. The molecule has 3 rings (SSSR count). The van der Waals surface area contributed by atoms with Gasteiger partial charge >= 0.3 is 5.97 Å². The molecule has 134 valence electrons. The smallest absolute Gasteiger partial charge is 0.317 e. The summed E-state index contributed by atoms with van der Waals surface area (Å²) in [6.07, 6.45) is 4.45. The SMILES string of the molecule is CCN(CC(=O)O)C1CC(NCc2conc2Cc2ccccc2)C1. The number of nitrogens with zero attached hydrogens (tertiary/aromatic N) is 2. The lowest BCUT2D eigenvalue weighted by atomic mass is 9.85. The van der Waals surface area contributed by atoms with E-state index in [1.165, 1.54) is 5.56 Å². The average Bonchev–Trinajstić information content (AvgIpc) is 3.00. The van der Waals surface area contributed by atoms with Crippen LogP contribution in [0.1, 0.15) is 36.6 Å². The second-order valence-electron chi connectivity index (χ2n) is 6.61. The van der Waals surface area contributed by atoms with Crippen molar-refractivity contribution in [2.45, 2.75) is 44.8 Å². The molecular weight excluding hydrogens is 318 g/mol. The molecule has 6 nitrogen and oxygen atoms in total. The summed E-state index contributed by atoms with van der Waals surface area (Å²) < 4.78 is 5.16. The van der Waals surface area contributed by atoms with E-state index in [1.54, 1.807) is 6.26 Å². The quantitative estimate of drug-likeness (QED) is 0.727. The fourth-order valence-electron chi connectivity index (χ4n) is 3.34. The Kier molecular flexibility index (Phi) is 5.83. The standard InChI is InChI=1S/C19H25N3O3/c1-2-22(12-19(23)24)17-9-16(10-17)20-11-15-13-25-21-18(15)8-14-6-4-3-5-7-14/h3-7,13,16-17,20H,2,8-12H2,1H3,(H,23,24). The zero-order chi connectivity index (χ0) is 17.6. The molecule has 0 unspecified atom stereocenters. The molecule has 2 aromatic rings. The van der Waals surface area contributed by atoms with Crippen LogP contribution in [0.3, 0.4) is 0 Å². The Morgan fingerprint density at radius 3 is 2.80 bits per heavy atom. The third-order valence-electron chi connectivity index (χ3n) is 4.90. The van der Waals surface area contributed by atoms with Crippen molar-refractivity contribution in [3.8, 4) is 0 Å². The maximum atomic E-state index is 10.9. The summed E-state index contributed by atoms with van der Waals surface area (Å²) in [5, 5.41) is 16.6. The van der Waals surface area contributed by atoms with Crippen LogP contribution >= 0.6 is 0 Å². The van der Waals surface area contributed by atoms with Crippen molar-refractivity contribution in [3.05, 3.63) is 53.4 Å². The van der Waals surface area contributed by atoms with Gasteiger partial charge in [-0.05, 0) is 24.9 Å². The highest BCUT2D eigenvalue weighted by molar-refractivity contribution is 5.69. The molecule has 0 bridgehead atoms. The molecule has 1 aromatic heterocycles. The second-order valence-corrected chi connectivity index (χ2v) is 6.61. The summed E-state index contributed by atoms with van der Waals surface area (Å²) in [6, 6.07) is 11.0. The van der Waals surface area contributed by atoms with E-state index >= 15 is 0 Å². The first-order valence-corrected chi connectivity index (χ1v) is 8.81. The van der Waals surface area contributed by atoms with Gasteiger partial charge in [-0.1, -0.05) is 42.4 Å². The largest absolute Gasteiger partial charge is 0.480 e. The summed E-state index contributed by atoms with van der Waals surface area (Å²) in [5.74, 6) is -0.756. The van der Waals surface area contributed by atoms with Crippen LogP contribution in [0.2, 0.25) is 0 Å².